The predicted octanol–water partition coefficient (Wildman–Crippen LogP) is 2.00. The summed E-state index contributed by atoms with van der Waals surface area (Å²) in [4.78, 5) is 11.5. The molecule has 0 aliphatic carbocycles. The molecule has 0 bridgehead atoms. The highest BCUT2D eigenvalue weighted by Crippen LogP contribution is 2.09. The fraction of sp³-hybridized carbons (Fsp3) is 0.273. The van der Waals surface area contributed by atoms with E-state index in [1.807, 2.05) is 6.07 Å². The van der Waals surface area contributed by atoms with Crippen LogP contribution in [0, 0.1) is 23.0 Å². The minimum absolute atomic E-state index is 0.114. The third-order valence-electron chi connectivity index (χ3n) is 1.95. The van der Waals surface area contributed by atoms with E-state index in [0.29, 0.717) is 0 Å². The summed E-state index contributed by atoms with van der Waals surface area (Å²) in [5, 5.41) is 10.8. The van der Waals surface area contributed by atoms with Gasteiger partial charge in [-0.2, -0.15) is 5.26 Å². The molecule has 0 fully saturated rings. The van der Waals surface area contributed by atoms with Gasteiger partial charge in [-0.15, -0.1) is 0 Å². The maximum absolute atomic E-state index is 13.2. The van der Waals surface area contributed by atoms with E-state index in [-0.39, 0.29) is 12.0 Å². The number of nitrogens with one attached hydrogen (secondary N) is 1. The van der Waals surface area contributed by atoms with Gasteiger partial charge in [0, 0.05) is 6.04 Å². The summed E-state index contributed by atoms with van der Waals surface area (Å²) in [5.41, 5.74) is -0.357. The van der Waals surface area contributed by atoms with Crippen LogP contribution >= 0.6 is 0 Å². The zero-order valence-corrected chi connectivity index (χ0v) is 8.63. The summed E-state index contributed by atoms with van der Waals surface area (Å²) < 4.78 is 26.0. The third-order valence-corrected chi connectivity index (χ3v) is 1.95. The highest BCUT2D eigenvalue weighted by Gasteiger charge is 2.14. The number of halogens is 2. The standard InChI is InChI=1S/C11H10F2N2O/c1-7(4-5-14)15-11(16)9-6-8(12)2-3-10(9)13/h2-3,6-7H,4H2,1H3,(H,15,16). The molecular formula is C11H10F2N2O. The predicted molar refractivity (Wildman–Crippen MR) is 53.5 cm³/mol. The van der Waals surface area contributed by atoms with E-state index in [4.69, 9.17) is 5.26 Å². The first-order valence-electron chi connectivity index (χ1n) is 4.67. The van der Waals surface area contributed by atoms with Gasteiger partial charge >= 0.3 is 0 Å². The lowest BCUT2D eigenvalue weighted by Crippen LogP contribution is -2.32. The number of benzene rings is 1. The van der Waals surface area contributed by atoms with Crippen LogP contribution < -0.4 is 5.32 Å². The van der Waals surface area contributed by atoms with Crippen molar-refractivity contribution in [2.75, 3.05) is 0 Å². The topological polar surface area (TPSA) is 52.9 Å². The monoisotopic (exact) mass is 224 g/mol. The van der Waals surface area contributed by atoms with Gasteiger partial charge in [-0.05, 0) is 25.1 Å². The third kappa shape index (κ3) is 3.02. The summed E-state index contributed by atoms with van der Waals surface area (Å²) >= 11 is 0. The number of rotatable bonds is 3. The van der Waals surface area contributed by atoms with Crippen molar-refractivity contribution in [3.05, 3.63) is 35.4 Å². The number of amides is 1. The Bertz CT molecular complexity index is 440. The molecule has 0 aliphatic rings. The molecule has 1 aromatic carbocycles. The molecule has 1 amide bonds. The number of hydrogen-bond acceptors (Lipinski definition) is 2. The molecule has 0 aromatic heterocycles. The summed E-state index contributed by atoms with van der Waals surface area (Å²) in [5.74, 6) is -2.19. The van der Waals surface area contributed by atoms with E-state index >= 15 is 0 Å². The summed E-state index contributed by atoms with van der Waals surface area (Å²) in [6.07, 6.45) is 0.114. The summed E-state index contributed by atoms with van der Waals surface area (Å²) in [6.45, 7) is 1.61. The molecule has 0 spiro atoms. The van der Waals surface area contributed by atoms with Crippen LogP contribution in [0.25, 0.3) is 0 Å². The second-order valence-electron chi connectivity index (χ2n) is 3.36. The highest BCUT2D eigenvalue weighted by molar-refractivity contribution is 5.94. The van der Waals surface area contributed by atoms with Gasteiger partial charge in [0.2, 0.25) is 0 Å². The number of carbonyl (C=O) groups is 1. The lowest BCUT2D eigenvalue weighted by Gasteiger charge is -2.10. The van der Waals surface area contributed by atoms with Crippen molar-refractivity contribution in [3.8, 4) is 6.07 Å². The van der Waals surface area contributed by atoms with Crippen LogP contribution in [0.2, 0.25) is 0 Å². The number of carbonyl (C=O) groups excluding carboxylic acids is 1. The summed E-state index contributed by atoms with van der Waals surface area (Å²) in [6, 6.07) is 4.11. The van der Waals surface area contributed by atoms with E-state index in [9.17, 15) is 13.6 Å². The maximum atomic E-state index is 13.2. The van der Waals surface area contributed by atoms with E-state index in [2.05, 4.69) is 5.32 Å². The van der Waals surface area contributed by atoms with Gasteiger partial charge in [0.25, 0.3) is 5.91 Å². The molecule has 0 saturated carbocycles. The smallest absolute Gasteiger partial charge is 0.254 e. The first-order chi connectivity index (χ1) is 7.54. The molecule has 1 atom stereocenters. The molecule has 0 aliphatic heterocycles. The second kappa shape index (κ2) is 5.21. The zero-order chi connectivity index (χ0) is 12.1. The molecule has 0 radical (unpaired) electrons. The van der Waals surface area contributed by atoms with Crippen molar-refractivity contribution in [1.29, 1.82) is 5.26 Å². The Labute approximate surface area is 91.7 Å². The molecule has 0 heterocycles. The fourth-order valence-corrected chi connectivity index (χ4v) is 1.16. The van der Waals surface area contributed by atoms with Gasteiger partial charge in [0.1, 0.15) is 11.6 Å². The Hall–Kier alpha value is -1.96. The normalized spacial score (nSPS) is 11.6. The first-order valence-corrected chi connectivity index (χ1v) is 4.67. The van der Waals surface area contributed by atoms with Gasteiger partial charge < -0.3 is 5.32 Å². The van der Waals surface area contributed by atoms with E-state index in [1.54, 1.807) is 6.92 Å². The first kappa shape index (κ1) is 12.1. The average molecular weight is 224 g/mol. The molecule has 3 nitrogen and oxygen atoms in total. The Kier molecular flexibility index (Phi) is 3.95. The average Bonchev–Trinajstić information content (AvgIpc) is 2.21. The molecular weight excluding hydrogens is 214 g/mol. The van der Waals surface area contributed by atoms with Crippen LogP contribution in [0.3, 0.4) is 0 Å². The lowest BCUT2D eigenvalue weighted by molar-refractivity contribution is 0.0936. The molecule has 84 valence electrons. The van der Waals surface area contributed by atoms with E-state index < -0.39 is 23.6 Å². The van der Waals surface area contributed by atoms with E-state index in [0.717, 1.165) is 18.2 Å². The van der Waals surface area contributed by atoms with Gasteiger partial charge in [0.05, 0.1) is 18.1 Å². The fourth-order valence-electron chi connectivity index (χ4n) is 1.16. The molecule has 1 aromatic rings. The molecule has 1 rings (SSSR count). The second-order valence-corrected chi connectivity index (χ2v) is 3.36. The Morgan fingerprint density at radius 2 is 2.25 bits per heavy atom. The minimum atomic E-state index is -0.789. The van der Waals surface area contributed by atoms with Crippen LogP contribution in [-0.4, -0.2) is 11.9 Å². The molecule has 5 heteroatoms. The van der Waals surface area contributed by atoms with Crippen LogP contribution in [0.4, 0.5) is 8.78 Å². The van der Waals surface area contributed by atoms with Crippen LogP contribution in [-0.2, 0) is 0 Å². The van der Waals surface area contributed by atoms with Crippen molar-refractivity contribution in [1.82, 2.24) is 5.32 Å². The van der Waals surface area contributed by atoms with Crippen LogP contribution in [0.5, 0.6) is 0 Å². The van der Waals surface area contributed by atoms with Crippen molar-refractivity contribution in [2.45, 2.75) is 19.4 Å². The number of hydrogen-bond donors (Lipinski definition) is 1. The van der Waals surface area contributed by atoms with Crippen molar-refractivity contribution in [2.24, 2.45) is 0 Å². The Morgan fingerprint density at radius 3 is 2.88 bits per heavy atom. The van der Waals surface area contributed by atoms with Crippen molar-refractivity contribution >= 4 is 5.91 Å². The lowest BCUT2D eigenvalue weighted by atomic mass is 10.1. The number of nitriles is 1. The highest BCUT2D eigenvalue weighted by atomic mass is 19.1. The van der Waals surface area contributed by atoms with Crippen molar-refractivity contribution < 1.29 is 13.6 Å². The quantitative estimate of drug-likeness (QED) is 0.853. The molecule has 1 N–H and O–H groups in total. The summed E-state index contributed by atoms with van der Waals surface area (Å²) in [7, 11) is 0. The molecule has 16 heavy (non-hydrogen) atoms. The largest absolute Gasteiger partial charge is 0.348 e. The van der Waals surface area contributed by atoms with Gasteiger partial charge in [-0.1, -0.05) is 0 Å². The number of nitrogens with zero attached hydrogens (tertiary/aromatic N) is 1. The Morgan fingerprint density at radius 1 is 1.56 bits per heavy atom. The Balaban J connectivity index is 2.81. The van der Waals surface area contributed by atoms with Gasteiger partial charge in [-0.3, -0.25) is 4.79 Å². The van der Waals surface area contributed by atoms with Gasteiger partial charge in [-0.25, -0.2) is 8.78 Å². The van der Waals surface area contributed by atoms with E-state index in [1.165, 1.54) is 0 Å². The SMILES string of the molecule is CC(CC#N)NC(=O)c1cc(F)ccc1F. The molecule has 1 unspecified atom stereocenters. The zero-order valence-electron chi connectivity index (χ0n) is 8.63. The van der Waals surface area contributed by atoms with Crippen molar-refractivity contribution in [3.63, 3.8) is 0 Å². The maximum Gasteiger partial charge on any atom is 0.254 e. The van der Waals surface area contributed by atoms with Crippen LogP contribution in [0.1, 0.15) is 23.7 Å². The minimum Gasteiger partial charge on any atom is -0.348 e. The van der Waals surface area contributed by atoms with Gasteiger partial charge in [0.15, 0.2) is 0 Å². The molecule has 0 saturated heterocycles. The van der Waals surface area contributed by atoms with Crippen LogP contribution in [0.15, 0.2) is 18.2 Å².